The normalized spacial score (nSPS) is 22.5. The molecule has 1 aliphatic heterocycles. The number of nitrogens with zero attached hydrogens (tertiary/aromatic N) is 1. The lowest BCUT2D eigenvalue weighted by Gasteiger charge is -2.21. The fourth-order valence-corrected chi connectivity index (χ4v) is 3.77. The molecule has 1 saturated heterocycles. The summed E-state index contributed by atoms with van der Waals surface area (Å²) in [5.74, 6) is 1.05. The Morgan fingerprint density at radius 2 is 2.64 bits per heavy atom. The number of hydrogen-bond donors (Lipinski definition) is 1. The Balaban J connectivity index is 1.76. The molecule has 2 heterocycles. The second-order valence-electron chi connectivity index (χ2n) is 3.36. The van der Waals surface area contributed by atoms with Crippen molar-refractivity contribution in [3.8, 4) is 0 Å². The molecule has 0 amide bonds. The van der Waals surface area contributed by atoms with E-state index in [4.69, 9.17) is 11.6 Å². The molecule has 1 atom stereocenters. The van der Waals surface area contributed by atoms with Gasteiger partial charge in [-0.1, -0.05) is 11.6 Å². The lowest BCUT2D eigenvalue weighted by Crippen LogP contribution is -2.31. The van der Waals surface area contributed by atoms with E-state index in [-0.39, 0.29) is 0 Å². The van der Waals surface area contributed by atoms with E-state index in [2.05, 4.69) is 10.3 Å². The van der Waals surface area contributed by atoms with Gasteiger partial charge in [-0.2, -0.15) is 11.8 Å². The minimum atomic E-state index is 0.655. The smallest absolute Gasteiger partial charge is 0.183 e. The van der Waals surface area contributed by atoms with Gasteiger partial charge < -0.3 is 5.32 Å². The van der Waals surface area contributed by atoms with Crippen molar-refractivity contribution in [3.63, 3.8) is 0 Å². The van der Waals surface area contributed by atoms with Gasteiger partial charge in [0.05, 0.1) is 0 Å². The highest BCUT2D eigenvalue weighted by Crippen LogP contribution is 2.27. The van der Waals surface area contributed by atoms with Crippen LogP contribution in [-0.2, 0) is 5.75 Å². The van der Waals surface area contributed by atoms with Crippen LogP contribution in [0.15, 0.2) is 6.20 Å². The van der Waals surface area contributed by atoms with Crippen molar-refractivity contribution in [2.24, 2.45) is 0 Å². The minimum Gasteiger partial charge on any atom is -0.316 e. The number of hydrogen-bond acceptors (Lipinski definition) is 4. The Morgan fingerprint density at radius 3 is 3.29 bits per heavy atom. The fraction of sp³-hybridized carbons (Fsp3) is 0.667. The zero-order valence-electron chi connectivity index (χ0n) is 7.83. The van der Waals surface area contributed by atoms with Crippen molar-refractivity contribution in [1.82, 2.24) is 10.3 Å². The number of nitrogens with one attached hydrogen (secondary N) is 1. The van der Waals surface area contributed by atoms with Gasteiger partial charge in [0, 0.05) is 28.6 Å². The van der Waals surface area contributed by atoms with Crippen LogP contribution >= 0.6 is 34.7 Å². The SMILES string of the molecule is Clc1ncc(CSC2CCCNC2)s1. The highest BCUT2D eigenvalue weighted by Gasteiger charge is 2.13. The van der Waals surface area contributed by atoms with E-state index < -0.39 is 0 Å². The first-order chi connectivity index (χ1) is 6.84. The molecule has 0 aromatic carbocycles. The molecule has 0 spiro atoms. The van der Waals surface area contributed by atoms with Gasteiger partial charge in [-0.3, -0.25) is 0 Å². The number of piperidine rings is 1. The van der Waals surface area contributed by atoms with Crippen LogP contribution in [0.3, 0.4) is 0 Å². The number of rotatable bonds is 3. The highest BCUT2D eigenvalue weighted by atomic mass is 35.5. The summed E-state index contributed by atoms with van der Waals surface area (Å²) >= 11 is 9.37. The fourth-order valence-electron chi connectivity index (χ4n) is 1.51. The Labute approximate surface area is 97.5 Å². The summed E-state index contributed by atoms with van der Waals surface area (Å²) < 4.78 is 0.655. The molecule has 5 heteroatoms. The van der Waals surface area contributed by atoms with E-state index >= 15 is 0 Å². The number of thioether (sulfide) groups is 1. The van der Waals surface area contributed by atoms with Crippen LogP contribution in [-0.4, -0.2) is 23.3 Å². The van der Waals surface area contributed by atoms with Gasteiger partial charge in [0.15, 0.2) is 4.47 Å². The van der Waals surface area contributed by atoms with Crippen LogP contribution in [0.2, 0.25) is 4.47 Å². The van der Waals surface area contributed by atoms with Gasteiger partial charge in [-0.05, 0) is 19.4 Å². The summed E-state index contributed by atoms with van der Waals surface area (Å²) in [5, 5.41) is 4.19. The van der Waals surface area contributed by atoms with Gasteiger partial charge in [0.2, 0.25) is 0 Å². The summed E-state index contributed by atoms with van der Waals surface area (Å²) in [6, 6.07) is 0. The summed E-state index contributed by atoms with van der Waals surface area (Å²) in [6.07, 6.45) is 4.53. The van der Waals surface area contributed by atoms with E-state index in [9.17, 15) is 0 Å². The lowest BCUT2D eigenvalue weighted by molar-refractivity contribution is 0.531. The monoisotopic (exact) mass is 248 g/mol. The molecule has 1 unspecified atom stereocenters. The third-order valence-electron chi connectivity index (χ3n) is 2.24. The first-order valence-electron chi connectivity index (χ1n) is 4.77. The van der Waals surface area contributed by atoms with Crippen LogP contribution in [0.1, 0.15) is 17.7 Å². The topological polar surface area (TPSA) is 24.9 Å². The standard InChI is InChI=1S/C9H13ClN2S2/c10-9-12-5-8(14-9)6-13-7-2-1-3-11-4-7/h5,7,11H,1-4,6H2. The Morgan fingerprint density at radius 1 is 1.71 bits per heavy atom. The maximum Gasteiger partial charge on any atom is 0.183 e. The Hall–Kier alpha value is 0.230. The van der Waals surface area contributed by atoms with Crippen molar-refractivity contribution >= 4 is 34.7 Å². The van der Waals surface area contributed by atoms with E-state index in [1.165, 1.54) is 24.3 Å². The molecule has 0 bridgehead atoms. The zero-order valence-corrected chi connectivity index (χ0v) is 10.2. The molecule has 1 fully saturated rings. The Bertz CT molecular complexity index is 284. The molecule has 1 aromatic rings. The van der Waals surface area contributed by atoms with Gasteiger partial charge in [-0.25, -0.2) is 4.98 Å². The molecule has 2 rings (SSSR count). The molecule has 0 radical (unpaired) electrons. The molecule has 2 nitrogen and oxygen atoms in total. The first-order valence-corrected chi connectivity index (χ1v) is 7.01. The average Bonchev–Trinajstić information content (AvgIpc) is 2.63. The molecule has 14 heavy (non-hydrogen) atoms. The van der Waals surface area contributed by atoms with E-state index in [0.29, 0.717) is 4.47 Å². The molecule has 0 saturated carbocycles. The summed E-state index contributed by atoms with van der Waals surface area (Å²) in [6.45, 7) is 2.33. The quantitative estimate of drug-likeness (QED) is 0.891. The van der Waals surface area contributed by atoms with Crippen molar-refractivity contribution < 1.29 is 0 Å². The summed E-state index contributed by atoms with van der Waals surface area (Å²) in [5.41, 5.74) is 0. The number of halogens is 1. The Kier molecular flexibility index (Phi) is 4.10. The van der Waals surface area contributed by atoms with Crippen LogP contribution in [0, 0.1) is 0 Å². The van der Waals surface area contributed by atoms with Gasteiger partial charge in [-0.15, -0.1) is 11.3 Å². The van der Waals surface area contributed by atoms with Crippen molar-refractivity contribution in [2.45, 2.75) is 23.8 Å². The molecule has 1 N–H and O–H groups in total. The van der Waals surface area contributed by atoms with E-state index in [1.54, 1.807) is 11.3 Å². The predicted octanol–water partition coefficient (Wildman–Crippen LogP) is 2.78. The van der Waals surface area contributed by atoms with Gasteiger partial charge in [0.25, 0.3) is 0 Å². The van der Waals surface area contributed by atoms with Crippen molar-refractivity contribution in [3.05, 3.63) is 15.5 Å². The maximum absolute atomic E-state index is 5.77. The van der Waals surface area contributed by atoms with Gasteiger partial charge >= 0.3 is 0 Å². The molecular weight excluding hydrogens is 236 g/mol. The van der Waals surface area contributed by atoms with E-state index in [0.717, 1.165) is 17.5 Å². The molecule has 78 valence electrons. The van der Waals surface area contributed by atoms with Gasteiger partial charge in [0.1, 0.15) is 0 Å². The van der Waals surface area contributed by atoms with Crippen LogP contribution in [0.5, 0.6) is 0 Å². The first kappa shape index (κ1) is 10.7. The molecular formula is C9H13ClN2S2. The van der Waals surface area contributed by atoms with Crippen LogP contribution < -0.4 is 5.32 Å². The third kappa shape index (κ3) is 3.12. The lowest BCUT2D eigenvalue weighted by atomic mass is 10.2. The average molecular weight is 249 g/mol. The summed E-state index contributed by atoms with van der Waals surface area (Å²) in [7, 11) is 0. The van der Waals surface area contributed by atoms with Crippen LogP contribution in [0.25, 0.3) is 0 Å². The van der Waals surface area contributed by atoms with E-state index in [1.807, 2.05) is 18.0 Å². The second kappa shape index (κ2) is 5.35. The van der Waals surface area contributed by atoms with Crippen molar-refractivity contribution in [1.29, 1.82) is 0 Å². The zero-order chi connectivity index (χ0) is 9.80. The maximum atomic E-state index is 5.77. The third-order valence-corrected chi connectivity index (χ3v) is 4.89. The van der Waals surface area contributed by atoms with Crippen molar-refractivity contribution in [2.75, 3.05) is 13.1 Å². The highest BCUT2D eigenvalue weighted by molar-refractivity contribution is 7.99. The summed E-state index contributed by atoms with van der Waals surface area (Å²) in [4.78, 5) is 5.32. The number of thiazole rings is 1. The largest absolute Gasteiger partial charge is 0.316 e. The van der Waals surface area contributed by atoms with Crippen LogP contribution in [0.4, 0.5) is 0 Å². The number of aromatic nitrogens is 1. The molecule has 1 aliphatic rings. The predicted molar refractivity (Wildman–Crippen MR) is 64.3 cm³/mol. The molecule has 1 aromatic heterocycles. The molecule has 0 aliphatic carbocycles. The minimum absolute atomic E-state index is 0.655. The second-order valence-corrected chi connectivity index (χ2v) is 6.34.